The zero-order valence-electron chi connectivity index (χ0n) is 12.9. The van der Waals surface area contributed by atoms with Gasteiger partial charge in [-0.25, -0.2) is 5.43 Å². The molecule has 0 aliphatic carbocycles. The SMILES string of the molecule is Cc1ccc(C)c(CC(=O)N/N=C/c2cccc([N+](=O)[O-])c2)c1. The lowest BCUT2D eigenvalue weighted by Crippen LogP contribution is -2.20. The molecule has 23 heavy (non-hydrogen) atoms. The van der Waals surface area contributed by atoms with Gasteiger partial charge in [-0.1, -0.05) is 35.9 Å². The fraction of sp³-hybridized carbons (Fsp3) is 0.176. The minimum atomic E-state index is -0.476. The minimum Gasteiger partial charge on any atom is -0.273 e. The zero-order chi connectivity index (χ0) is 16.8. The Morgan fingerprint density at radius 3 is 2.78 bits per heavy atom. The Labute approximate surface area is 134 Å². The van der Waals surface area contributed by atoms with E-state index >= 15 is 0 Å². The zero-order valence-corrected chi connectivity index (χ0v) is 12.9. The molecule has 0 aliphatic heterocycles. The van der Waals surface area contributed by atoms with E-state index in [1.165, 1.54) is 18.3 Å². The van der Waals surface area contributed by atoms with Gasteiger partial charge in [0.1, 0.15) is 0 Å². The van der Waals surface area contributed by atoms with Crippen molar-refractivity contribution in [2.24, 2.45) is 5.10 Å². The number of rotatable bonds is 5. The molecule has 0 radical (unpaired) electrons. The summed E-state index contributed by atoms with van der Waals surface area (Å²) in [4.78, 5) is 22.1. The number of aryl methyl sites for hydroxylation is 2. The molecule has 1 N–H and O–H groups in total. The molecule has 118 valence electrons. The van der Waals surface area contributed by atoms with Crippen molar-refractivity contribution < 1.29 is 9.72 Å². The van der Waals surface area contributed by atoms with Gasteiger partial charge in [-0.05, 0) is 25.0 Å². The Kier molecular flexibility index (Phi) is 5.19. The Morgan fingerprint density at radius 1 is 1.26 bits per heavy atom. The molecule has 0 unspecified atom stereocenters. The van der Waals surface area contributed by atoms with Gasteiger partial charge in [0.25, 0.3) is 5.69 Å². The number of hydrazone groups is 1. The highest BCUT2D eigenvalue weighted by Gasteiger charge is 2.06. The Bertz CT molecular complexity index is 769. The maximum atomic E-state index is 11.9. The average molecular weight is 311 g/mol. The van der Waals surface area contributed by atoms with Crippen molar-refractivity contribution in [1.82, 2.24) is 5.43 Å². The number of nitro benzene ring substituents is 1. The molecule has 0 saturated carbocycles. The highest BCUT2D eigenvalue weighted by Crippen LogP contribution is 2.12. The summed E-state index contributed by atoms with van der Waals surface area (Å²) in [6.07, 6.45) is 1.62. The van der Waals surface area contributed by atoms with Crippen LogP contribution in [-0.4, -0.2) is 17.0 Å². The van der Waals surface area contributed by atoms with Crippen LogP contribution in [-0.2, 0) is 11.2 Å². The minimum absolute atomic E-state index is 0.0179. The van der Waals surface area contributed by atoms with Crippen LogP contribution in [0.1, 0.15) is 22.3 Å². The summed E-state index contributed by atoms with van der Waals surface area (Å²) in [5.74, 6) is -0.236. The molecule has 0 fully saturated rings. The smallest absolute Gasteiger partial charge is 0.270 e. The molecule has 2 aromatic rings. The van der Waals surface area contributed by atoms with Crippen LogP contribution in [0, 0.1) is 24.0 Å². The number of nitrogens with one attached hydrogen (secondary N) is 1. The van der Waals surface area contributed by atoms with Gasteiger partial charge in [-0.3, -0.25) is 14.9 Å². The van der Waals surface area contributed by atoms with Gasteiger partial charge in [0, 0.05) is 17.7 Å². The molecule has 0 aromatic heterocycles. The lowest BCUT2D eigenvalue weighted by atomic mass is 10.0. The quantitative estimate of drug-likeness (QED) is 0.523. The molecule has 0 atom stereocenters. The van der Waals surface area contributed by atoms with Crippen molar-refractivity contribution in [3.63, 3.8) is 0 Å². The molecule has 1 amide bonds. The molecule has 6 nitrogen and oxygen atoms in total. The summed E-state index contributed by atoms with van der Waals surface area (Å²) in [6, 6.07) is 12.0. The van der Waals surface area contributed by atoms with Crippen LogP contribution in [0.25, 0.3) is 0 Å². The summed E-state index contributed by atoms with van der Waals surface area (Å²) < 4.78 is 0. The fourth-order valence-electron chi connectivity index (χ4n) is 2.10. The third-order valence-electron chi connectivity index (χ3n) is 3.34. The van der Waals surface area contributed by atoms with Crippen molar-refractivity contribution >= 4 is 17.8 Å². The number of amides is 1. The van der Waals surface area contributed by atoms with Gasteiger partial charge < -0.3 is 0 Å². The highest BCUT2D eigenvalue weighted by atomic mass is 16.6. The second kappa shape index (κ2) is 7.31. The molecular formula is C17H17N3O3. The largest absolute Gasteiger partial charge is 0.273 e. The molecule has 0 spiro atoms. The maximum absolute atomic E-state index is 11.9. The third-order valence-corrected chi connectivity index (χ3v) is 3.34. The number of carbonyl (C=O) groups excluding carboxylic acids is 1. The number of non-ortho nitro benzene ring substituents is 1. The van der Waals surface area contributed by atoms with Crippen molar-refractivity contribution in [3.05, 3.63) is 74.8 Å². The standard InChI is InChI=1S/C17H17N3O3/c1-12-6-7-13(2)15(8-12)10-17(21)19-18-11-14-4-3-5-16(9-14)20(22)23/h3-9,11H,10H2,1-2H3,(H,19,21)/b18-11+. The molecule has 0 saturated heterocycles. The Morgan fingerprint density at radius 2 is 2.04 bits per heavy atom. The Hall–Kier alpha value is -3.02. The van der Waals surface area contributed by atoms with Gasteiger partial charge in [-0.2, -0.15) is 5.10 Å². The normalized spacial score (nSPS) is 10.7. The summed E-state index contributed by atoms with van der Waals surface area (Å²) in [6.45, 7) is 3.93. The van der Waals surface area contributed by atoms with Crippen LogP contribution in [0.4, 0.5) is 5.69 Å². The van der Waals surface area contributed by atoms with E-state index < -0.39 is 4.92 Å². The van der Waals surface area contributed by atoms with E-state index in [1.807, 2.05) is 32.0 Å². The van der Waals surface area contributed by atoms with Crippen LogP contribution in [0.15, 0.2) is 47.6 Å². The number of nitro groups is 1. The first kappa shape index (κ1) is 16.4. The highest BCUT2D eigenvalue weighted by molar-refractivity contribution is 5.84. The predicted octanol–water partition coefficient (Wildman–Crippen LogP) is 2.90. The molecule has 2 aromatic carbocycles. The summed E-state index contributed by atoms with van der Waals surface area (Å²) in [5, 5.41) is 14.5. The first-order valence-electron chi connectivity index (χ1n) is 7.08. The Balaban J connectivity index is 1.97. The van der Waals surface area contributed by atoms with E-state index in [4.69, 9.17) is 0 Å². The van der Waals surface area contributed by atoms with Gasteiger partial charge >= 0.3 is 0 Å². The topological polar surface area (TPSA) is 84.6 Å². The van der Waals surface area contributed by atoms with Crippen molar-refractivity contribution in [2.45, 2.75) is 20.3 Å². The molecule has 0 aliphatic rings. The third kappa shape index (κ3) is 4.74. The maximum Gasteiger partial charge on any atom is 0.270 e. The first-order chi connectivity index (χ1) is 11.0. The molecular weight excluding hydrogens is 294 g/mol. The molecule has 2 rings (SSSR count). The number of benzene rings is 2. The first-order valence-corrected chi connectivity index (χ1v) is 7.08. The van der Waals surface area contributed by atoms with Gasteiger partial charge in [0.05, 0.1) is 17.6 Å². The summed E-state index contributed by atoms with van der Waals surface area (Å²) >= 11 is 0. The summed E-state index contributed by atoms with van der Waals surface area (Å²) in [7, 11) is 0. The fourth-order valence-corrected chi connectivity index (χ4v) is 2.10. The number of carbonyl (C=O) groups is 1. The summed E-state index contributed by atoms with van der Waals surface area (Å²) in [5.41, 5.74) is 6.06. The van der Waals surface area contributed by atoms with Crippen molar-refractivity contribution in [3.8, 4) is 0 Å². The van der Waals surface area contributed by atoms with E-state index in [0.717, 1.165) is 16.7 Å². The molecule has 0 bridgehead atoms. The monoisotopic (exact) mass is 311 g/mol. The predicted molar refractivity (Wildman–Crippen MR) is 88.5 cm³/mol. The van der Waals surface area contributed by atoms with Crippen LogP contribution < -0.4 is 5.43 Å². The molecule has 6 heteroatoms. The van der Waals surface area contributed by atoms with Gasteiger partial charge in [-0.15, -0.1) is 0 Å². The van der Waals surface area contributed by atoms with E-state index in [0.29, 0.717) is 5.56 Å². The van der Waals surface area contributed by atoms with Crippen LogP contribution in [0.3, 0.4) is 0 Å². The second-order valence-corrected chi connectivity index (χ2v) is 5.25. The van der Waals surface area contributed by atoms with Gasteiger partial charge in [0.15, 0.2) is 0 Å². The van der Waals surface area contributed by atoms with E-state index in [9.17, 15) is 14.9 Å². The van der Waals surface area contributed by atoms with Crippen LogP contribution >= 0.6 is 0 Å². The van der Waals surface area contributed by atoms with Crippen LogP contribution in [0.2, 0.25) is 0 Å². The second-order valence-electron chi connectivity index (χ2n) is 5.25. The lowest BCUT2D eigenvalue weighted by Gasteiger charge is -2.05. The average Bonchev–Trinajstić information content (AvgIpc) is 2.51. The van der Waals surface area contributed by atoms with E-state index in [2.05, 4.69) is 10.5 Å². The number of hydrogen-bond acceptors (Lipinski definition) is 4. The van der Waals surface area contributed by atoms with E-state index in [1.54, 1.807) is 12.1 Å². The lowest BCUT2D eigenvalue weighted by molar-refractivity contribution is -0.384. The van der Waals surface area contributed by atoms with E-state index in [-0.39, 0.29) is 18.0 Å². The number of hydrogen-bond donors (Lipinski definition) is 1. The van der Waals surface area contributed by atoms with Crippen molar-refractivity contribution in [2.75, 3.05) is 0 Å². The van der Waals surface area contributed by atoms with Gasteiger partial charge in [0.2, 0.25) is 5.91 Å². The van der Waals surface area contributed by atoms with Crippen LogP contribution in [0.5, 0.6) is 0 Å². The number of nitrogens with zero attached hydrogens (tertiary/aromatic N) is 2. The van der Waals surface area contributed by atoms with Crippen molar-refractivity contribution in [1.29, 1.82) is 0 Å². The molecule has 0 heterocycles.